The molecule has 0 bridgehead atoms. The molecule has 0 fully saturated rings. The first-order valence-corrected chi connectivity index (χ1v) is 7.86. The zero-order valence-corrected chi connectivity index (χ0v) is 13.7. The Kier molecular flexibility index (Phi) is 5.34. The molecule has 1 heterocycles. The highest BCUT2D eigenvalue weighted by Gasteiger charge is 2.11. The fourth-order valence-electron chi connectivity index (χ4n) is 2.28. The molecule has 0 radical (unpaired) electrons. The molecule has 3 rings (SSSR count). The highest BCUT2D eigenvalue weighted by Crippen LogP contribution is 2.14. The second-order valence-corrected chi connectivity index (χ2v) is 5.46. The van der Waals surface area contributed by atoms with Gasteiger partial charge in [0.2, 0.25) is 5.95 Å². The van der Waals surface area contributed by atoms with E-state index in [0.29, 0.717) is 11.3 Å². The number of nitrogens with one attached hydrogen (secondary N) is 1. The van der Waals surface area contributed by atoms with Crippen molar-refractivity contribution in [2.45, 2.75) is 6.61 Å². The van der Waals surface area contributed by atoms with E-state index in [-0.39, 0.29) is 12.2 Å². The SMILES string of the molecule is O=C(Nc1cccc(C(=O)OCc2ccccc2)c1)c1ccnc(F)c1. The van der Waals surface area contributed by atoms with Crippen molar-refractivity contribution in [3.05, 3.63) is 95.6 Å². The lowest BCUT2D eigenvalue weighted by molar-refractivity contribution is 0.0472. The number of carbonyl (C=O) groups is 2. The lowest BCUT2D eigenvalue weighted by atomic mass is 10.2. The summed E-state index contributed by atoms with van der Waals surface area (Å²) in [4.78, 5) is 27.7. The number of amides is 1. The first kappa shape index (κ1) is 17.3. The van der Waals surface area contributed by atoms with E-state index in [0.717, 1.165) is 11.6 Å². The molecular weight excluding hydrogens is 335 g/mol. The molecule has 0 unspecified atom stereocenters. The largest absolute Gasteiger partial charge is 0.457 e. The van der Waals surface area contributed by atoms with E-state index >= 15 is 0 Å². The highest BCUT2D eigenvalue weighted by molar-refractivity contribution is 6.04. The topological polar surface area (TPSA) is 68.3 Å². The fraction of sp³-hybridized carbons (Fsp3) is 0.0500. The van der Waals surface area contributed by atoms with Crippen LogP contribution in [0, 0.1) is 5.95 Å². The van der Waals surface area contributed by atoms with Crippen LogP contribution in [0.1, 0.15) is 26.3 Å². The summed E-state index contributed by atoms with van der Waals surface area (Å²) in [5, 5.41) is 2.61. The summed E-state index contributed by atoms with van der Waals surface area (Å²) in [7, 11) is 0. The van der Waals surface area contributed by atoms with Gasteiger partial charge < -0.3 is 10.1 Å². The van der Waals surface area contributed by atoms with Gasteiger partial charge in [-0.05, 0) is 29.8 Å². The van der Waals surface area contributed by atoms with Crippen LogP contribution in [0.4, 0.5) is 10.1 Å². The normalized spacial score (nSPS) is 10.2. The minimum atomic E-state index is -0.740. The number of aromatic nitrogens is 1. The van der Waals surface area contributed by atoms with Gasteiger partial charge in [-0.1, -0.05) is 36.4 Å². The van der Waals surface area contributed by atoms with Crippen LogP contribution in [0.15, 0.2) is 72.9 Å². The van der Waals surface area contributed by atoms with E-state index in [9.17, 15) is 14.0 Å². The Morgan fingerprint density at radius 3 is 2.54 bits per heavy atom. The van der Waals surface area contributed by atoms with Crippen LogP contribution in [0.3, 0.4) is 0 Å². The number of hydrogen-bond donors (Lipinski definition) is 1. The number of ether oxygens (including phenoxy) is 1. The number of hydrogen-bond acceptors (Lipinski definition) is 4. The summed E-state index contributed by atoms with van der Waals surface area (Å²) >= 11 is 0. The Bertz CT molecular complexity index is 929. The molecule has 6 heteroatoms. The molecule has 1 N–H and O–H groups in total. The molecule has 2 aromatic carbocycles. The Labute approximate surface area is 149 Å². The molecular formula is C20H15FN2O3. The number of nitrogens with zero attached hydrogens (tertiary/aromatic N) is 1. The average Bonchev–Trinajstić information content (AvgIpc) is 2.67. The summed E-state index contributed by atoms with van der Waals surface area (Å²) in [6, 6.07) is 18.1. The van der Waals surface area contributed by atoms with Crippen molar-refractivity contribution in [1.29, 1.82) is 0 Å². The van der Waals surface area contributed by atoms with Gasteiger partial charge in [0.05, 0.1) is 5.56 Å². The zero-order chi connectivity index (χ0) is 18.4. The van der Waals surface area contributed by atoms with Crippen LogP contribution in [0.2, 0.25) is 0 Å². The number of carbonyl (C=O) groups excluding carboxylic acids is 2. The molecule has 0 aliphatic heterocycles. The van der Waals surface area contributed by atoms with E-state index in [1.165, 1.54) is 18.3 Å². The molecule has 3 aromatic rings. The van der Waals surface area contributed by atoms with Gasteiger partial charge in [0.25, 0.3) is 5.91 Å². The lowest BCUT2D eigenvalue weighted by Gasteiger charge is -2.08. The van der Waals surface area contributed by atoms with Crippen molar-refractivity contribution < 1.29 is 18.7 Å². The van der Waals surface area contributed by atoms with Gasteiger partial charge in [0.1, 0.15) is 6.61 Å². The number of pyridine rings is 1. The Hall–Kier alpha value is -3.54. The molecule has 0 spiro atoms. The number of benzene rings is 2. The van der Waals surface area contributed by atoms with Crippen molar-refractivity contribution in [2.75, 3.05) is 5.32 Å². The molecule has 0 aliphatic rings. The van der Waals surface area contributed by atoms with E-state index in [1.54, 1.807) is 18.2 Å². The molecule has 5 nitrogen and oxygen atoms in total. The first-order valence-electron chi connectivity index (χ1n) is 7.86. The van der Waals surface area contributed by atoms with Crippen molar-refractivity contribution >= 4 is 17.6 Å². The summed E-state index contributed by atoms with van der Waals surface area (Å²) in [5.74, 6) is -1.74. The van der Waals surface area contributed by atoms with Crippen molar-refractivity contribution in [3.8, 4) is 0 Å². The molecule has 1 amide bonds. The van der Waals surface area contributed by atoms with Gasteiger partial charge in [0, 0.05) is 23.5 Å². The quantitative estimate of drug-likeness (QED) is 0.561. The Morgan fingerprint density at radius 2 is 1.77 bits per heavy atom. The smallest absolute Gasteiger partial charge is 0.338 e. The second kappa shape index (κ2) is 8.02. The third-order valence-electron chi connectivity index (χ3n) is 3.56. The Morgan fingerprint density at radius 1 is 0.962 bits per heavy atom. The van der Waals surface area contributed by atoms with Crippen LogP contribution in [0.25, 0.3) is 0 Å². The maximum Gasteiger partial charge on any atom is 0.338 e. The first-order chi connectivity index (χ1) is 12.6. The predicted molar refractivity (Wildman–Crippen MR) is 94.2 cm³/mol. The molecule has 1 aromatic heterocycles. The fourth-order valence-corrected chi connectivity index (χ4v) is 2.28. The third kappa shape index (κ3) is 4.51. The molecule has 0 atom stereocenters. The monoisotopic (exact) mass is 350 g/mol. The van der Waals surface area contributed by atoms with Crippen molar-refractivity contribution in [2.24, 2.45) is 0 Å². The minimum Gasteiger partial charge on any atom is -0.457 e. The van der Waals surface area contributed by atoms with Crippen molar-refractivity contribution in [1.82, 2.24) is 4.98 Å². The van der Waals surface area contributed by atoms with Crippen LogP contribution >= 0.6 is 0 Å². The van der Waals surface area contributed by atoms with Crippen molar-refractivity contribution in [3.63, 3.8) is 0 Å². The van der Waals surface area contributed by atoms with Gasteiger partial charge in [-0.3, -0.25) is 4.79 Å². The van der Waals surface area contributed by atoms with Gasteiger partial charge in [-0.2, -0.15) is 4.39 Å². The van der Waals surface area contributed by atoms with E-state index < -0.39 is 17.8 Å². The standard InChI is InChI=1S/C20H15FN2O3/c21-18-12-15(9-10-22-18)19(24)23-17-8-4-7-16(11-17)20(25)26-13-14-5-2-1-3-6-14/h1-12H,13H2,(H,23,24). The molecule has 26 heavy (non-hydrogen) atoms. The van der Waals surface area contributed by atoms with Crippen LogP contribution in [-0.2, 0) is 11.3 Å². The summed E-state index contributed by atoms with van der Waals surface area (Å²) < 4.78 is 18.4. The third-order valence-corrected chi connectivity index (χ3v) is 3.56. The maximum absolute atomic E-state index is 13.1. The number of anilines is 1. The van der Waals surface area contributed by atoms with Crippen LogP contribution < -0.4 is 5.32 Å². The van der Waals surface area contributed by atoms with Crippen LogP contribution in [-0.4, -0.2) is 16.9 Å². The Balaban J connectivity index is 1.65. The van der Waals surface area contributed by atoms with E-state index in [2.05, 4.69) is 10.3 Å². The molecule has 0 saturated carbocycles. The number of rotatable bonds is 5. The van der Waals surface area contributed by atoms with Crippen LogP contribution in [0.5, 0.6) is 0 Å². The van der Waals surface area contributed by atoms with Gasteiger partial charge in [0.15, 0.2) is 0 Å². The maximum atomic E-state index is 13.1. The molecule has 130 valence electrons. The minimum absolute atomic E-state index is 0.134. The second-order valence-electron chi connectivity index (χ2n) is 5.46. The summed E-state index contributed by atoms with van der Waals surface area (Å²) in [6.45, 7) is 0.159. The van der Waals surface area contributed by atoms with Gasteiger partial charge >= 0.3 is 5.97 Å². The number of halogens is 1. The zero-order valence-electron chi connectivity index (χ0n) is 13.7. The van der Waals surface area contributed by atoms with E-state index in [4.69, 9.17) is 4.74 Å². The van der Waals surface area contributed by atoms with Gasteiger partial charge in [-0.25, -0.2) is 9.78 Å². The molecule has 0 aliphatic carbocycles. The average molecular weight is 350 g/mol. The van der Waals surface area contributed by atoms with Gasteiger partial charge in [-0.15, -0.1) is 0 Å². The number of esters is 1. The predicted octanol–water partition coefficient (Wildman–Crippen LogP) is 3.83. The summed E-state index contributed by atoms with van der Waals surface area (Å²) in [6.07, 6.45) is 1.21. The highest BCUT2D eigenvalue weighted by atomic mass is 19.1. The summed E-state index contributed by atoms with van der Waals surface area (Å²) in [5.41, 5.74) is 1.72. The lowest BCUT2D eigenvalue weighted by Crippen LogP contribution is -2.13. The molecule has 0 saturated heterocycles. The van der Waals surface area contributed by atoms with E-state index in [1.807, 2.05) is 30.3 Å².